The van der Waals surface area contributed by atoms with Crippen molar-refractivity contribution >= 4 is 38.1 Å². The van der Waals surface area contributed by atoms with Crippen LogP contribution in [-0.4, -0.2) is 31.6 Å². The van der Waals surface area contributed by atoms with Gasteiger partial charge in [0.25, 0.3) is 5.91 Å². The van der Waals surface area contributed by atoms with Crippen molar-refractivity contribution in [3.63, 3.8) is 0 Å². The molecule has 2 heterocycles. The number of sulfonamides is 1. The van der Waals surface area contributed by atoms with Gasteiger partial charge in [-0.15, -0.1) is 0 Å². The van der Waals surface area contributed by atoms with Gasteiger partial charge in [0.15, 0.2) is 0 Å². The minimum absolute atomic E-state index is 0.173. The van der Waals surface area contributed by atoms with Crippen LogP contribution in [0.2, 0.25) is 0 Å². The maximum Gasteiger partial charge on any atom is 0.255 e. The lowest BCUT2D eigenvalue weighted by Gasteiger charge is -2.17. The summed E-state index contributed by atoms with van der Waals surface area (Å²) in [6.45, 7) is 0.485. The molecule has 7 heteroatoms. The molecule has 6 nitrogen and oxygen atoms in total. The first kappa shape index (κ1) is 16.5. The number of carbonyl (C=O) groups excluding carboxylic acids is 1. The Kier molecular flexibility index (Phi) is 4.08. The highest BCUT2D eigenvalue weighted by atomic mass is 32.2. The van der Waals surface area contributed by atoms with Crippen LogP contribution < -0.4 is 9.62 Å². The first-order chi connectivity index (χ1) is 12.5. The molecule has 26 heavy (non-hydrogen) atoms. The van der Waals surface area contributed by atoms with Gasteiger partial charge in [-0.3, -0.25) is 14.1 Å². The van der Waals surface area contributed by atoms with E-state index in [1.54, 1.807) is 36.7 Å². The highest BCUT2D eigenvalue weighted by molar-refractivity contribution is 7.93. The molecule has 0 saturated carbocycles. The summed E-state index contributed by atoms with van der Waals surface area (Å²) in [5.41, 5.74) is 1.74. The molecule has 2 aromatic carbocycles. The first-order valence-electron chi connectivity index (χ1n) is 8.29. The van der Waals surface area contributed by atoms with Crippen LogP contribution >= 0.6 is 0 Å². The van der Waals surface area contributed by atoms with Crippen molar-refractivity contribution in [1.29, 1.82) is 0 Å². The number of rotatable bonds is 3. The van der Waals surface area contributed by atoms with Gasteiger partial charge >= 0.3 is 0 Å². The average Bonchev–Trinajstić information content (AvgIpc) is 3.01. The molecule has 1 amide bonds. The molecule has 1 aliphatic rings. The maximum absolute atomic E-state index is 12.5. The SMILES string of the molecule is O=C(Nc1ccc2ccncc2c1)c1ccc(N2CCCS2(=O)=O)cc1. The van der Waals surface area contributed by atoms with E-state index in [0.29, 0.717) is 29.9 Å². The molecule has 1 fully saturated rings. The molecule has 132 valence electrons. The fourth-order valence-electron chi connectivity index (χ4n) is 3.07. The van der Waals surface area contributed by atoms with E-state index >= 15 is 0 Å². The smallest absolute Gasteiger partial charge is 0.255 e. The van der Waals surface area contributed by atoms with E-state index in [4.69, 9.17) is 0 Å². The van der Waals surface area contributed by atoms with Crippen molar-refractivity contribution in [3.05, 3.63) is 66.5 Å². The van der Waals surface area contributed by atoms with Gasteiger partial charge in [-0.25, -0.2) is 8.42 Å². The molecule has 0 bridgehead atoms. The molecular weight excluding hydrogens is 350 g/mol. The minimum atomic E-state index is -3.22. The predicted molar refractivity (Wildman–Crippen MR) is 102 cm³/mol. The van der Waals surface area contributed by atoms with Gasteiger partial charge in [-0.1, -0.05) is 6.07 Å². The number of anilines is 2. The Hall–Kier alpha value is -2.93. The van der Waals surface area contributed by atoms with Crippen LogP contribution in [0.15, 0.2) is 60.9 Å². The number of nitrogens with zero attached hydrogens (tertiary/aromatic N) is 2. The lowest BCUT2D eigenvalue weighted by atomic mass is 10.1. The van der Waals surface area contributed by atoms with E-state index in [1.807, 2.05) is 24.3 Å². The van der Waals surface area contributed by atoms with Crippen LogP contribution in [-0.2, 0) is 10.0 Å². The summed E-state index contributed by atoms with van der Waals surface area (Å²) in [6.07, 6.45) is 4.10. The zero-order valence-corrected chi connectivity index (χ0v) is 14.7. The van der Waals surface area contributed by atoms with Crippen LogP contribution in [0.25, 0.3) is 10.8 Å². The van der Waals surface area contributed by atoms with Gasteiger partial charge in [0.2, 0.25) is 10.0 Å². The zero-order valence-electron chi connectivity index (χ0n) is 13.9. The molecule has 1 aromatic heterocycles. The molecule has 4 rings (SSSR count). The topological polar surface area (TPSA) is 79.4 Å². The van der Waals surface area contributed by atoms with Crippen molar-refractivity contribution in [3.8, 4) is 0 Å². The summed E-state index contributed by atoms with van der Waals surface area (Å²) in [5.74, 6) is -0.0736. The third-order valence-electron chi connectivity index (χ3n) is 4.42. The van der Waals surface area contributed by atoms with Gasteiger partial charge in [0, 0.05) is 35.6 Å². The second-order valence-electron chi connectivity index (χ2n) is 6.18. The van der Waals surface area contributed by atoms with E-state index in [2.05, 4.69) is 10.3 Å². The second kappa shape index (κ2) is 6.42. The van der Waals surface area contributed by atoms with E-state index in [0.717, 1.165) is 10.8 Å². The summed E-state index contributed by atoms with van der Waals surface area (Å²) in [7, 11) is -3.22. The van der Waals surface area contributed by atoms with Gasteiger partial charge in [0.05, 0.1) is 11.4 Å². The second-order valence-corrected chi connectivity index (χ2v) is 8.19. The highest BCUT2D eigenvalue weighted by Crippen LogP contribution is 2.24. The molecule has 0 radical (unpaired) electrons. The lowest BCUT2D eigenvalue weighted by molar-refractivity contribution is 0.102. The van der Waals surface area contributed by atoms with Crippen molar-refractivity contribution in [2.24, 2.45) is 0 Å². The third-order valence-corrected chi connectivity index (χ3v) is 6.28. The Morgan fingerprint density at radius 1 is 1.04 bits per heavy atom. The van der Waals surface area contributed by atoms with E-state index in [1.165, 1.54) is 4.31 Å². The number of hydrogen-bond donors (Lipinski definition) is 1. The first-order valence-corrected chi connectivity index (χ1v) is 9.89. The Morgan fingerprint density at radius 2 is 1.85 bits per heavy atom. The van der Waals surface area contributed by atoms with Crippen LogP contribution in [0, 0.1) is 0 Å². The van der Waals surface area contributed by atoms with Gasteiger partial charge < -0.3 is 5.32 Å². The van der Waals surface area contributed by atoms with Gasteiger partial charge in [-0.05, 0) is 54.3 Å². The molecule has 1 aliphatic heterocycles. The number of benzene rings is 2. The average molecular weight is 367 g/mol. The number of hydrogen-bond acceptors (Lipinski definition) is 4. The third kappa shape index (κ3) is 3.13. The minimum Gasteiger partial charge on any atom is -0.322 e. The number of amides is 1. The number of carbonyl (C=O) groups is 1. The molecule has 0 aliphatic carbocycles. The number of nitrogens with one attached hydrogen (secondary N) is 1. The molecule has 3 aromatic rings. The van der Waals surface area contributed by atoms with E-state index in [9.17, 15) is 13.2 Å². The Bertz CT molecular complexity index is 1080. The number of pyridine rings is 1. The quantitative estimate of drug-likeness (QED) is 0.772. The Labute approximate surface area is 151 Å². The van der Waals surface area contributed by atoms with Gasteiger partial charge in [0.1, 0.15) is 0 Å². The summed E-state index contributed by atoms with van der Waals surface area (Å²) in [4.78, 5) is 16.5. The number of fused-ring (bicyclic) bond motifs is 1. The monoisotopic (exact) mass is 367 g/mol. The fraction of sp³-hybridized carbons (Fsp3) is 0.158. The summed E-state index contributed by atoms with van der Waals surface area (Å²) in [5, 5.41) is 4.85. The van der Waals surface area contributed by atoms with Gasteiger partial charge in [-0.2, -0.15) is 0 Å². The lowest BCUT2D eigenvalue weighted by Crippen LogP contribution is -2.25. The van der Waals surface area contributed by atoms with Crippen LogP contribution in [0.1, 0.15) is 16.8 Å². The predicted octanol–water partition coefficient (Wildman–Crippen LogP) is 3.03. The number of aromatic nitrogens is 1. The van der Waals surface area contributed by atoms with E-state index in [-0.39, 0.29) is 11.7 Å². The molecule has 0 atom stereocenters. The molecule has 0 unspecified atom stereocenters. The molecule has 1 N–H and O–H groups in total. The highest BCUT2D eigenvalue weighted by Gasteiger charge is 2.28. The summed E-state index contributed by atoms with van der Waals surface area (Å²) < 4.78 is 25.3. The van der Waals surface area contributed by atoms with Crippen LogP contribution in [0.4, 0.5) is 11.4 Å². The van der Waals surface area contributed by atoms with Crippen LogP contribution in [0.3, 0.4) is 0 Å². The van der Waals surface area contributed by atoms with Crippen molar-refractivity contribution in [2.45, 2.75) is 6.42 Å². The fourth-order valence-corrected chi connectivity index (χ4v) is 4.64. The summed E-state index contributed by atoms with van der Waals surface area (Å²) in [6, 6.07) is 14.2. The van der Waals surface area contributed by atoms with Crippen molar-refractivity contribution in [1.82, 2.24) is 4.98 Å². The van der Waals surface area contributed by atoms with Crippen molar-refractivity contribution in [2.75, 3.05) is 21.9 Å². The Balaban J connectivity index is 1.52. The molecular formula is C19H17N3O3S. The molecule has 0 spiro atoms. The van der Waals surface area contributed by atoms with Crippen molar-refractivity contribution < 1.29 is 13.2 Å². The zero-order chi connectivity index (χ0) is 18.1. The van der Waals surface area contributed by atoms with E-state index < -0.39 is 10.0 Å². The normalized spacial score (nSPS) is 15.9. The van der Waals surface area contributed by atoms with Crippen LogP contribution in [0.5, 0.6) is 0 Å². The largest absolute Gasteiger partial charge is 0.322 e. The summed E-state index contributed by atoms with van der Waals surface area (Å²) >= 11 is 0. The molecule has 1 saturated heterocycles. The Morgan fingerprint density at radius 3 is 2.58 bits per heavy atom. The standard InChI is InChI=1S/C19H17N3O3S/c23-19(21-17-5-2-14-8-9-20-13-16(14)12-17)15-3-6-18(7-4-15)22-10-1-11-26(22,24)25/h2-9,12-13H,1,10-11H2,(H,21,23). The maximum atomic E-state index is 12.5.